The Morgan fingerprint density at radius 2 is 1.88 bits per heavy atom. The van der Waals surface area contributed by atoms with Crippen molar-refractivity contribution in [3.05, 3.63) is 71.9 Å². The van der Waals surface area contributed by atoms with Gasteiger partial charge in [0.1, 0.15) is 22.9 Å². The van der Waals surface area contributed by atoms with Crippen LogP contribution in [0.3, 0.4) is 0 Å². The van der Waals surface area contributed by atoms with Crippen molar-refractivity contribution in [2.45, 2.75) is 6.92 Å². The maximum Gasteiger partial charge on any atom is 0.274 e. The maximum atomic E-state index is 13.6. The van der Waals surface area contributed by atoms with Gasteiger partial charge in [0.2, 0.25) is 0 Å². The number of anilines is 1. The molecule has 0 aliphatic carbocycles. The van der Waals surface area contributed by atoms with E-state index >= 15 is 0 Å². The number of aromatic nitrogens is 2. The number of nitrogens with one attached hydrogen (secondary N) is 1. The van der Waals surface area contributed by atoms with Crippen molar-refractivity contribution >= 4 is 28.0 Å². The summed E-state index contributed by atoms with van der Waals surface area (Å²) < 4.78 is 15.0. The van der Waals surface area contributed by atoms with Crippen molar-refractivity contribution in [3.8, 4) is 5.75 Å². The largest absolute Gasteiger partial charge is 0.507 e. The molecule has 4 aromatic rings. The van der Waals surface area contributed by atoms with Crippen molar-refractivity contribution in [3.63, 3.8) is 0 Å². The topological polar surface area (TPSA) is 66.6 Å². The highest BCUT2D eigenvalue weighted by molar-refractivity contribution is 6.10. The van der Waals surface area contributed by atoms with Gasteiger partial charge in [-0.3, -0.25) is 9.20 Å². The summed E-state index contributed by atoms with van der Waals surface area (Å²) in [5.41, 5.74) is 1.83. The molecule has 2 aromatic heterocycles. The second-order valence-corrected chi connectivity index (χ2v) is 5.75. The predicted molar refractivity (Wildman–Crippen MR) is 93.5 cm³/mol. The molecule has 1 amide bonds. The van der Waals surface area contributed by atoms with Crippen LogP contribution >= 0.6 is 0 Å². The lowest BCUT2D eigenvalue weighted by Gasteiger charge is -2.10. The SMILES string of the molecule is Cc1nc2ccc(F)cn2c1C(=O)Nc1cccc2c(O)cccc12. The van der Waals surface area contributed by atoms with Crippen LogP contribution in [0.5, 0.6) is 5.75 Å². The van der Waals surface area contributed by atoms with Crippen LogP contribution in [0.1, 0.15) is 16.2 Å². The number of hydrogen-bond donors (Lipinski definition) is 2. The van der Waals surface area contributed by atoms with Gasteiger partial charge in [0.05, 0.1) is 5.69 Å². The van der Waals surface area contributed by atoms with Crippen LogP contribution in [-0.2, 0) is 0 Å². The van der Waals surface area contributed by atoms with Crippen LogP contribution in [0, 0.1) is 12.7 Å². The van der Waals surface area contributed by atoms with Gasteiger partial charge in [0.15, 0.2) is 0 Å². The number of carbonyl (C=O) groups is 1. The summed E-state index contributed by atoms with van der Waals surface area (Å²) in [7, 11) is 0. The summed E-state index contributed by atoms with van der Waals surface area (Å²) in [6.07, 6.45) is 1.24. The van der Waals surface area contributed by atoms with Crippen LogP contribution in [0.4, 0.5) is 10.1 Å². The van der Waals surface area contributed by atoms with Crippen molar-refractivity contribution in [2.24, 2.45) is 0 Å². The first-order chi connectivity index (χ1) is 12.0. The number of fused-ring (bicyclic) bond motifs is 2. The monoisotopic (exact) mass is 335 g/mol. The smallest absolute Gasteiger partial charge is 0.274 e. The van der Waals surface area contributed by atoms with E-state index < -0.39 is 11.7 Å². The number of hydrogen-bond acceptors (Lipinski definition) is 3. The molecule has 5 nitrogen and oxygen atoms in total. The van der Waals surface area contributed by atoms with Gasteiger partial charge < -0.3 is 10.4 Å². The number of imidazole rings is 1. The molecule has 0 spiro atoms. The fourth-order valence-electron chi connectivity index (χ4n) is 2.99. The first kappa shape index (κ1) is 15.1. The summed E-state index contributed by atoms with van der Waals surface area (Å²) in [5, 5.41) is 14.2. The zero-order chi connectivity index (χ0) is 17.6. The predicted octanol–water partition coefficient (Wildman–Crippen LogP) is 3.89. The number of phenols is 1. The van der Waals surface area contributed by atoms with E-state index in [1.54, 1.807) is 37.3 Å². The average Bonchev–Trinajstić information content (AvgIpc) is 2.91. The summed E-state index contributed by atoms with van der Waals surface area (Å²) in [6.45, 7) is 1.70. The third-order valence-corrected chi connectivity index (χ3v) is 4.12. The summed E-state index contributed by atoms with van der Waals surface area (Å²) in [4.78, 5) is 17.1. The van der Waals surface area contributed by atoms with E-state index in [1.165, 1.54) is 22.7 Å². The lowest BCUT2D eigenvalue weighted by molar-refractivity contribution is 0.102. The molecular formula is C19H14FN3O2. The van der Waals surface area contributed by atoms with Gasteiger partial charge in [-0.05, 0) is 31.2 Å². The molecule has 0 unspecified atom stereocenters. The Hall–Kier alpha value is -3.41. The Labute approximate surface area is 142 Å². The number of pyridine rings is 1. The zero-order valence-electron chi connectivity index (χ0n) is 13.3. The molecule has 0 aliphatic rings. The van der Waals surface area contributed by atoms with E-state index in [-0.39, 0.29) is 11.4 Å². The van der Waals surface area contributed by atoms with E-state index in [4.69, 9.17) is 0 Å². The average molecular weight is 335 g/mol. The molecular weight excluding hydrogens is 321 g/mol. The molecule has 124 valence electrons. The number of nitrogens with zero attached hydrogens (tertiary/aromatic N) is 2. The number of amides is 1. The fraction of sp³-hybridized carbons (Fsp3) is 0.0526. The summed E-state index contributed by atoms with van der Waals surface area (Å²) in [6, 6.07) is 13.2. The maximum absolute atomic E-state index is 13.6. The lowest BCUT2D eigenvalue weighted by atomic mass is 10.1. The highest BCUT2D eigenvalue weighted by Gasteiger charge is 2.18. The van der Waals surface area contributed by atoms with Crippen LogP contribution in [-0.4, -0.2) is 20.4 Å². The molecule has 0 atom stereocenters. The number of halogens is 1. The lowest BCUT2D eigenvalue weighted by Crippen LogP contribution is -2.16. The molecule has 0 fully saturated rings. The quantitative estimate of drug-likeness (QED) is 0.584. The van der Waals surface area contributed by atoms with E-state index in [2.05, 4.69) is 10.3 Å². The van der Waals surface area contributed by atoms with Crippen LogP contribution in [0.25, 0.3) is 16.4 Å². The standard InChI is InChI=1S/C19H14FN3O2/c1-11-18(23-10-12(20)8-9-17(23)21-11)19(25)22-15-6-2-5-14-13(15)4-3-7-16(14)24/h2-10,24H,1H3,(H,22,25). The number of benzene rings is 2. The molecule has 6 heteroatoms. The zero-order valence-corrected chi connectivity index (χ0v) is 13.3. The molecule has 4 rings (SSSR count). The fourth-order valence-corrected chi connectivity index (χ4v) is 2.99. The van der Waals surface area contributed by atoms with Crippen LogP contribution < -0.4 is 5.32 Å². The van der Waals surface area contributed by atoms with Gasteiger partial charge in [-0.1, -0.05) is 24.3 Å². The van der Waals surface area contributed by atoms with Crippen LogP contribution in [0.2, 0.25) is 0 Å². The van der Waals surface area contributed by atoms with E-state index in [1.807, 2.05) is 6.07 Å². The van der Waals surface area contributed by atoms with E-state index in [9.17, 15) is 14.3 Å². The highest BCUT2D eigenvalue weighted by Crippen LogP contribution is 2.30. The molecule has 0 saturated heterocycles. The first-order valence-corrected chi connectivity index (χ1v) is 7.71. The molecule has 0 bridgehead atoms. The number of rotatable bonds is 2. The van der Waals surface area contributed by atoms with Crippen LogP contribution in [0.15, 0.2) is 54.7 Å². The normalized spacial score (nSPS) is 11.1. The Kier molecular flexibility index (Phi) is 3.39. The van der Waals surface area contributed by atoms with E-state index in [0.717, 1.165) is 0 Å². The number of phenolic OH excluding ortho intramolecular Hbond substituents is 1. The Balaban J connectivity index is 1.80. The Morgan fingerprint density at radius 3 is 2.72 bits per heavy atom. The van der Waals surface area contributed by atoms with Gasteiger partial charge in [-0.2, -0.15) is 0 Å². The first-order valence-electron chi connectivity index (χ1n) is 7.71. The van der Waals surface area contributed by atoms with Gasteiger partial charge in [0, 0.05) is 22.7 Å². The summed E-state index contributed by atoms with van der Waals surface area (Å²) >= 11 is 0. The van der Waals surface area contributed by atoms with Gasteiger partial charge in [0.25, 0.3) is 5.91 Å². The second kappa shape index (κ2) is 5.59. The third-order valence-electron chi connectivity index (χ3n) is 4.12. The highest BCUT2D eigenvalue weighted by atomic mass is 19.1. The molecule has 0 saturated carbocycles. The van der Waals surface area contributed by atoms with Crippen molar-refractivity contribution in [2.75, 3.05) is 5.32 Å². The van der Waals surface area contributed by atoms with E-state index in [0.29, 0.717) is 27.8 Å². The second-order valence-electron chi connectivity index (χ2n) is 5.75. The van der Waals surface area contributed by atoms with Crippen molar-refractivity contribution in [1.82, 2.24) is 9.38 Å². The minimum absolute atomic E-state index is 0.140. The molecule has 0 aliphatic heterocycles. The molecule has 0 radical (unpaired) electrons. The van der Waals surface area contributed by atoms with Crippen molar-refractivity contribution < 1.29 is 14.3 Å². The van der Waals surface area contributed by atoms with Gasteiger partial charge >= 0.3 is 0 Å². The number of carbonyl (C=O) groups excluding carboxylic acids is 1. The minimum atomic E-state index is -0.450. The van der Waals surface area contributed by atoms with Gasteiger partial charge in [-0.15, -0.1) is 0 Å². The number of aryl methyl sites for hydroxylation is 1. The Bertz CT molecular complexity index is 1130. The molecule has 2 N–H and O–H groups in total. The molecule has 2 aromatic carbocycles. The molecule has 25 heavy (non-hydrogen) atoms. The van der Waals surface area contributed by atoms with Crippen molar-refractivity contribution in [1.29, 1.82) is 0 Å². The minimum Gasteiger partial charge on any atom is -0.507 e. The third kappa shape index (κ3) is 2.48. The summed E-state index contributed by atoms with van der Waals surface area (Å²) in [5.74, 6) is -0.706. The Morgan fingerprint density at radius 1 is 1.12 bits per heavy atom. The molecule has 2 heterocycles. The number of aromatic hydroxyl groups is 1. The van der Waals surface area contributed by atoms with Gasteiger partial charge in [-0.25, -0.2) is 9.37 Å².